The number of rotatable bonds is 9. The van der Waals surface area contributed by atoms with Crippen molar-refractivity contribution in [3.05, 3.63) is 101 Å². The molecule has 3 N–H and O–H groups in total. The van der Waals surface area contributed by atoms with Crippen molar-refractivity contribution in [3.8, 4) is 11.3 Å². The summed E-state index contributed by atoms with van der Waals surface area (Å²) in [6.45, 7) is 7.76. The Morgan fingerprint density at radius 1 is 1.00 bits per heavy atom. The van der Waals surface area contributed by atoms with E-state index in [9.17, 15) is 4.79 Å². The number of anilines is 1. The SMILES string of the molecule is CC(C)(C)[C@H](c1nc(-c2ccccc2)cn1Cc1ccccc1)N(C(=O)NCCCN)c1cc(Cl)nc(Cl)c1. The molecule has 0 radical (unpaired) electrons. The number of hydrogen-bond acceptors (Lipinski definition) is 4. The van der Waals surface area contributed by atoms with Gasteiger partial charge in [-0.25, -0.2) is 14.8 Å². The first-order valence-corrected chi connectivity index (χ1v) is 13.7. The van der Waals surface area contributed by atoms with E-state index in [1.165, 1.54) is 0 Å². The molecule has 4 aromatic rings. The highest BCUT2D eigenvalue weighted by Gasteiger charge is 2.39. The van der Waals surface area contributed by atoms with Gasteiger partial charge in [0.1, 0.15) is 22.2 Å². The molecule has 4 rings (SSSR count). The van der Waals surface area contributed by atoms with E-state index in [1.807, 2.05) is 54.7 Å². The van der Waals surface area contributed by atoms with Gasteiger partial charge in [-0.3, -0.25) is 4.90 Å². The maximum absolute atomic E-state index is 13.9. The summed E-state index contributed by atoms with van der Waals surface area (Å²) in [5, 5.41) is 3.41. The van der Waals surface area contributed by atoms with Crippen LogP contribution in [0.1, 0.15) is 44.6 Å². The van der Waals surface area contributed by atoms with Crippen molar-refractivity contribution in [2.24, 2.45) is 11.1 Å². The average molecular weight is 566 g/mol. The first kappa shape index (κ1) is 28.6. The van der Waals surface area contributed by atoms with E-state index in [2.05, 4.69) is 47.8 Å². The molecule has 0 aliphatic heterocycles. The number of benzene rings is 2. The van der Waals surface area contributed by atoms with Gasteiger partial charge in [0.25, 0.3) is 0 Å². The van der Waals surface area contributed by atoms with Gasteiger partial charge < -0.3 is 15.6 Å². The Bertz CT molecular complexity index is 1370. The lowest BCUT2D eigenvalue weighted by molar-refractivity contribution is 0.229. The molecule has 0 saturated carbocycles. The summed E-state index contributed by atoms with van der Waals surface area (Å²) in [7, 11) is 0. The Hall–Kier alpha value is -3.39. The Balaban J connectivity index is 1.91. The quantitative estimate of drug-likeness (QED) is 0.170. The molecule has 0 bridgehead atoms. The Kier molecular flexibility index (Phi) is 9.28. The first-order chi connectivity index (χ1) is 18.7. The molecule has 0 spiro atoms. The fourth-order valence-electron chi connectivity index (χ4n) is 4.55. The zero-order valence-corrected chi connectivity index (χ0v) is 24.0. The fourth-order valence-corrected chi connectivity index (χ4v) is 5.00. The van der Waals surface area contributed by atoms with E-state index in [1.54, 1.807) is 17.0 Å². The van der Waals surface area contributed by atoms with Crippen molar-refractivity contribution in [1.29, 1.82) is 0 Å². The van der Waals surface area contributed by atoms with E-state index < -0.39 is 11.5 Å². The lowest BCUT2D eigenvalue weighted by Crippen LogP contribution is -2.48. The molecule has 9 heteroatoms. The number of nitrogens with one attached hydrogen (secondary N) is 1. The summed E-state index contributed by atoms with van der Waals surface area (Å²) in [5.41, 5.74) is 8.72. The van der Waals surface area contributed by atoms with Crippen molar-refractivity contribution in [3.63, 3.8) is 0 Å². The summed E-state index contributed by atoms with van der Waals surface area (Å²) < 4.78 is 2.12. The Morgan fingerprint density at radius 2 is 1.62 bits per heavy atom. The lowest BCUT2D eigenvalue weighted by Gasteiger charge is -2.40. The van der Waals surface area contributed by atoms with Gasteiger partial charge in [-0.2, -0.15) is 0 Å². The van der Waals surface area contributed by atoms with E-state index in [0.717, 1.165) is 22.6 Å². The van der Waals surface area contributed by atoms with Gasteiger partial charge in [-0.15, -0.1) is 0 Å². The van der Waals surface area contributed by atoms with Gasteiger partial charge >= 0.3 is 6.03 Å². The summed E-state index contributed by atoms with van der Waals surface area (Å²) in [5.74, 6) is 0.739. The molecule has 0 unspecified atom stereocenters. The zero-order chi connectivity index (χ0) is 28.0. The highest BCUT2D eigenvalue weighted by atomic mass is 35.5. The van der Waals surface area contributed by atoms with Crippen molar-refractivity contribution >= 4 is 34.9 Å². The third kappa shape index (κ3) is 7.18. The van der Waals surface area contributed by atoms with Crippen molar-refractivity contribution in [1.82, 2.24) is 19.9 Å². The predicted octanol–water partition coefficient (Wildman–Crippen LogP) is 6.95. The van der Waals surface area contributed by atoms with E-state index >= 15 is 0 Å². The standard InChI is InChI=1S/C30H34Cl2N6O/c1-30(2,3)27(38(29(39)34-16-10-15-33)23-17-25(31)36-26(32)18-23)28-35-24(22-13-8-5-9-14-22)20-37(28)19-21-11-6-4-7-12-21/h4-9,11-14,17-18,20,27H,10,15-16,19,33H2,1-3H3,(H,34,39)/t27-/m0/s1. The van der Waals surface area contributed by atoms with E-state index in [4.69, 9.17) is 33.9 Å². The van der Waals surface area contributed by atoms with Crippen LogP contribution in [0.4, 0.5) is 10.5 Å². The minimum atomic E-state index is -0.494. The van der Waals surface area contributed by atoms with Crippen LogP contribution in [0, 0.1) is 5.41 Å². The van der Waals surface area contributed by atoms with Crippen LogP contribution in [0.3, 0.4) is 0 Å². The van der Waals surface area contributed by atoms with Gasteiger partial charge in [0.05, 0.1) is 11.4 Å². The maximum atomic E-state index is 13.9. The molecule has 2 amide bonds. The second-order valence-corrected chi connectivity index (χ2v) is 11.2. The smallest absolute Gasteiger partial charge is 0.322 e. The van der Waals surface area contributed by atoms with Crippen LogP contribution in [-0.2, 0) is 6.54 Å². The van der Waals surface area contributed by atoms with Crippen molar-refractivity contribution in [2.75, 3.05) is 18.0 Å². The van der Waals surface area contributed by atoms with Crippen LogP contribution in [0.25, 0.3) is 11.3 Å². The third-order valence-electron chi connectivity index (χ3n) is 6.30. The number of hydrogen-bond donors (Lipinski definition) is 2. The first-order valence-electron chi connectivity index (χ1n) is 12.9. The van der Waals surface area contributed by atoms with Crippen LogP contribution in [0.15, 0.2) is 79.0 Å². The zero-order valence-electron chi connectivity index (χ0n) is 22.4. The van der Waals surface area contributed by atoms with Crippen LogP contribution < -0.4 is 16.0 Å². The Morgan fingerprint density at radius 3 is 2.21 bits per heavy atom. The van der Waals surface area contributed by atoms with Crippen molar-refractivity contribution < 1.29 is 4.79 Å². The molecule has 1 atom stereocenters. The molecule has 2 aromatic heterocycles. The average Bonchev–Trinajstić information content (AvgIpc) is 3.29. The van der Waals surface area contributed by atoms with E-state index in [0.29, 0.717) is 31.7 Å². The molecule has 2 heterocycles. The normalized spacial score (nSPS) is 12.3. The summed E-state index contributed by atoms with van der Waals surface area (Å²) in [4.78, 5) is 24.8. The van der Waals surface area contributed by atoms with Crippen molar-refractivity contribution in [2.45, 2.75) is 39.8 Å². The van der Waals surface area contributed by atoms with Crippen LogP contribution >= 0.6 is 23.2 Å². The van der Waals surface area contributed by atoms with Gasteiger partial charge in [-0.05, 0) is 36.1 Å². The van der Waals surface area contributed by atoms with Crippen LogP contribution in [0.2, 0.25) is 10.3 Å². The fraction of sp³-hybridized carbons (Fsp3) is 0.300. The second-order valence-electron chi connectivity index (χ2n) is 10.4. The van der Waals surface area contributed by atoms with Gasteiger partial charge in [0.2, 0.25) is 0 Å². The molecule has 204 valence electrons. The summed E-state index contributed by atoms with van der Waals surface area (Å²) >= 11 is 12.6. The largest absolute Gasteiger partial charge is 0.338 e. The number of amides is 2. The molecule has 0 aliphatic rings. The number of aromatic nitrogens is 3. The molecular weight excluding hydrogens is 531 g/mol. The minimum absolute atomic E-state index is 0.197. The second kappa shape index (κ2) is 12.6. The molecule has 0 aliphatic carbocycles. The highest BCUT2D eigenvalue weighted by Crippen LogP contribution is 2.42. The number of nitrogens with zero attached hydrogens (tertiary/aromatic N) is 4. The topological polar surface area (TPSA) is 89.1 Å². The number of imidazole rings is 1. The third-order valence-corrected chi connectivity index (χ3v) is 6.68. The molecule has 0 saturated heterocycles. The number of halogens is 2. The molecule has 39 heavy (non-hydrogen) atoms. The monoisotopic (exact) mass is 564 g/mol. The minimum Gasteiger partial charge on any atom is -0.338 e. The predicted molar refractivity (Wildman–Crippen MR) is 159 cm³/mol. The van der Waals surface area contributed by atoms with Crippen LogP contribution in [0.5, 0.6) is 0 Å². The van der Waals surface area contributed by atoms with Gasteiger partial charge in [0, 0.05) is 24.8 Å². The summed E-state index contributed by atoms with van der Waals surface area (Å²) in [6.07, 6.45) is 2.70. The van der Waals surface area contributed by atoms with Gasteiger partial charge in [0.15, 0.2) is 0 Å². The number of carbonyl (C=O) groups excluding carboxylic acids is 1. The molecule has 7 nitrogen and oxygen atoms in total. The number of urea groups is 1. The molecule has 2 aromatic carbocycles. The molecule has 0 fully saturated rings. The highest BCUT2D eigenvalue weighted by molar-refractivity contribution is 6.33. The number of carbonyl (C=O) groups is 1. The summed E-state index contributed by atoms with van der Waals surface area (Å²) in [6, 6.07) is 22.7. The maximum Gasteiger partial charge on any atom is 0.322 e. The van der Waals surface area contributed by atoms with Crippen LogP contribution in [-0.4, -0.2) is 33.7 Å². The lowest BCUT2D eigenvalue weighted by atomic mass is 9.84. The number of nitrogens with two attached hydrogens (primary N) is 1. The number of pyridine rings is 1. The molecular formula is C30H34Cl2N6O. The van der Waals surface area contributed by atoms with E-state index in [-0.39, 0.29) is 16.3 Å². The Labute approximate surface area is 240 Å². The van der Waals surface area contributed by atoms with Gasteiger partial charge in [-0.1, -0.05) is 105 Å².